The number of carbonyl (C=O) groups is 1. The Bertz CT molecular complexity index is 378. The van der Waals surface area contributed by atoms with Crippen LogP contribution in [0.15, 0.2) is 0 Å². The van der Waals surface area contributed by atoms with Gasteiger partial charge in [-0.25, -0.2) is 0 Å². The summed E-state index contributed by atoms with van der Waals surface area (Å²) in [4.78, 5) is 8.44. The van der Waals surface area contributed by atoms with Gasteiger partial charge in [0.15, 0.2) is 0 Å². The first kappa shape index (κ1) is 36.4. The van der Waals surface area contributed by atoms with E-state index in [-0.39, 0.29) is 0 Å². The standard InChI is InChI=1S/C30H64N.CH2O3/c1-5-7-9-11-13-15-17-19-21-23-25-27-29-31(3,4)30-28-26-24-22-20-18-16-14-12-10-8-6-2;2-1(3)4/h5-30H2,1-4H3;(H2,2,3,4)/q+1;/p-1. The van der Waals surface area contributed by atoms with Crippen LogP contribution >= 0.6 is 0 Å². The van der Waals surface area contributed by atoms with Gasteiger partial charge in [0, 0.05) is 0 Å². The monoisotopic (exact) mass is 499 g/mol. The van der Waals surface area contributed by atoms with E-state index in [0.29, 0.717) is 0 Å². The van der Waals surface area contributed by atoms with Crippen molar-refractivity contribution in [2.24, 2.45) is 0 Å². The normalized spacial score (nSPS) is 11.3. The van der Waals surface area contributed by atoms with Gasteiger partial charge in [0.1, 0.15) is 0 Å². The third-order valence-corrected chi connectivity index (χ3v) is 7.23. The smallest absolute Gasteiger partial charge is 0.249 e. The van der Waals surface area contributed by atoms with Crippen molar-refractivity contribution in [3.63, 3.8) is 0 Å². The predicted octanol–water partition coefficient (Wildman–Crippen LogP) is 9.35. The maximum Gasteiger partial charge on any atom is 0.249 e. The quantitative estimate of drug-likeness (QED) is 0.0952. The molecule has 4 heteroatoms. The van der Waals surface area contributed by atoms with Crippen molar-refractivity contribution in [1.82, 2.24) is 0 Å². The van der Waals surface area contributed by atoms with E-state index < -0.39 is 6.16 Å². The Morgan fingerprint density at radius 1 is 0.486 bits per heavy atom. The Hall–Kier alpha value is -0.770. The zero-order valence-electron chi connectivity index (χ0n) is 24.6. The van der Waals surface area contributed by atoms with Crippen LogP contribution in [-0.4, -0.2) is 42.9 Å². The first-order chi connectivity index (χ1) is 16.9. The predicted molar refractivity (Wildman–Crippen MR) is 152 cm³/mol. The Balaban J connectivity index is 0. The average molecular weight is 500 g/mol. The highest BCUT2D eigenvalue weighted by Gasteiger charge is 2.13. The zero-order chi connectivity index (χ0) is 26.5. The summed E-state index contributed by atoms with van der Waals surface area (Å²) in [7, 11) is 4.91. The van der Waals surface area contributed by atoms with E-state index >= 15 is 0 Å². The minimum absolute atomic E-state index is 1.25. The molecule has 0 radical (unpaired) electrons. The maximum atomic E-state index is 8.44. The Kier molecular flexibility index (Phi) is 30.6. The minimum atomic E-state index is -2.08. The van der Waals surface area contributed by atoms with Crippen LogP contribution < -0.4 is 5.11 Å². The molecule has 35 heavy (non-hydrogen) atoms. The number of carboxylic acid groups (broad SMARTS) is 2. The number of nitrogens with zero attached hydrogens (tertiary/aromatic N) is 1. The summed E-state index contributed by atoms with van der Waals surface area (Å²) in [5.74, 6) is 0. The Labute approximate surface area is 220 Å². The first-order valence-corrected chi connectivity index (χ1v) is 15.6. The molecular formula is C31H65NO3. The summed E-state index contributed by atoms with van der Waals surface area (Å²) in [6.07, 6.45) is 32.9. The van der Waals surface area contributed by atoms with Gasteiger partial charge in [0.05, 0.1) is 27.2 Å². The Morgan fingerprint density at radius 3 is 0.857 bits per heavy atom. The van der Waals surface area contributed by atoms with Gasteiger partial charge in [-0.15, -0.1) is 0 Å². The fourth-order valence-electron chi connectivity index (χ4n) is 4.87. The summed E-state index contributed by atoms with van der Waals surface area (Å²) in [5.41, 5.74) is 0. The average Bonchev–Trinajstić information content (AvgIpc) is 2.80. The lowest BCUT2D eigenvalue weighted by Crippen LogP contribution is -2.41. The van der Waals surface area contributed by atoms with Crippen LogP contribution in [0.1, 0.15) is 168 Å². The largest absolute Gasteiger partial charge is 0.565 e. The molecule has 0 amide bonds. The zero-order valence-corrected chi connectivity index (χ0v) is 24.6. The van der Waals surface area contributed by atoms with Crippen LogP contribution in [0.3, 0.4) is 0 Å². The summed E-state index contributed by atoms with van der Waals surface area (Å²) in [6, 6.07) is 0. The summed E-state index contributed by atoms with van der Waals surface area (Å²) in [6.45, 7) is 7.38. The molecule has 0 aromatic heterocycles. The van der Waals surface area contributed by atoms with E-state index in [9.17, 15) is 0 Å². The van der Waals surface area contributed by atoms with Crippen molar-refractivity contribution in [3.05, 3.63) is 0 Å². The summed E-state index contributed by atoms with van der Waals surface area (Å²) >= 11 is 0. The molecule has 0 aliphatic rings. The van der Waals surface area contributed by atoms with E-state index in [1.54, 1.807) is 0 Å². The van der Waals surface area contributed by atoms with E-state index in [0.717, 1.165) is 0 Å². The number of quaternary nitrogens is 1. The van der Waals surface area contributed by atoms with Crippen molar-refractivity contribution in [2.45, 2.75) is 168 Å². The number of unbranched alkanes of at least 4 members (excludes halogenated alkanes) is 22. The fraction of sp³-hybridized carbons (Fsp3) is 0.968. The molecule has 4 nitrogen and oxygen atoms in total. The highest BCUT2D eigenvalue weighted by molar-refractivity contribution is 5.50. The van der Waals surface area contributed by atoms with E-state index in [1.807, 2.05) is 0 Å². The SMILES string of the molecule is CCCCCCCCCCCCCC[N+](C)(C)CCCCCCCCCCCCCC.O=C([O-])O. The molecule has 0 spiro atoms. The maximum absolute atomic E-state index is 8.44. The molecule has 0 bridgehead atoms. The van der Waals surface area contributed by atoms with Crippen molar-refractivity contribution < 1.29 is 19.5 Å². The molecule has 0 aliphatic heterocycles. The molecule has 212 valence electrons. The molecule has 0 saturated heterocycles. The van der Waals surface area contributed by atoms with E-state index in [2.05, 4.69) is 27.9 Å². The van der Waals surface area contributed by atoms with Crippen LogP contribution in [0.5, 0.6) is 0 Å². The molecule has 0 fully saturated rings. The number of hydrogen-bond donors (Lipinski definition) is 1. The van der Waals surface area contributed by atoms with Crippen LogP contribution in [0.2, 0.25) is 0 Å². The Morgan fingerprint density at radius 2 is 0.657 bits per heavy atom. The van der Waals surface area contributed by atoms with Crippen LogP contribution in [-0.2, 0) is 0 Å². The lowest BCUT2D eigenvalue weighted by Gasteiger charge is -2.30. The molecule has 0 saturated carbocycles. The van der Waals surface area contributed by atoms with Crippen molar-refractivity contribution >= 4 is 6.16 Å². The molecule has 0 rings (SSSR count). The fourth-order valence-corrected chi connectivity index (χ4v) is 4.87. The molecule has 1 N–H and O–H groups in total. The van der Waals surface area contributed by atoms with Gasteiger partial charge in [-0.3, -0.25) is 0 Å². The third kappa shape index (κ3) is 37.9. The highest BCUT2D eigenvalue weighted by atomic mass is 16.6. The van der Waals surface area contributed by atoms with Gasteiger partial charge in [-0.1, -0.05) is 142 Å². The molecule has 0 unspecified atom stereocenters. The third-order valence-electron chi connectivity index (χ3n) is 7.23. The first-order valence-electron chi connectivity index (χ1n) is 15.6. The highest BCUT2D eigenvalue weighted by Crippen LogP contribution is 2.15. The molecule has 0 aromatic carbocycles. The van der Waals surface area contributed by atoms with Gasteiger partial charge in [-0.05, 0) is 25.7 Å². The van der Waals surface area contributed by atoms with Crippen molar-refractivity contribution in [3.8, 4) is 0 Å². The second-order valence-corrected chi connectivity index (χ2v) is 11.4. The second-order valence-electron chi connectivity index (χ2n) is 11.4. The van der Waals surface area contributed by atoms with Crippen LogP contribution in [0, 0.1) is 0 Å². The topological polar surface area (TPSA) is 60.4 Å². The van der Waals surface area contributed by atoms with E-state index in [1.165, 1.54) is 172 Å². The van der Waals surface area contributed by atoms with Crippen LogP contribution in [0.25, 0.3) is 0 Å². The minimum Gasteiger partial charge on any atom is -0.565 e. The molecule has 0 aliphatic carbocycles. The molecule has 0 aromatic rings. The van der Waals surface area contributed by atoms with E-state index in [4.69, 9.17) is 15.0 Å². The number of hydrogen-bond acceptors (Lipinski definition) is 2. The van der Waals surface area contributed by atoms with Crippen LogP contribution in [0.4, 0.5) is 4.79 Å². The van der Waals surface area contributed by atoms with Crippen molar-refractivity contribution in [1.29, 1.82) is 0 Å². The second kappa shape index (κ2) is 29.5. The summed E-state index contributed by atoms with van der Waals surface area (Å²) in [5, 5.41) is 15.3. The van der Waals surface area contributed by atoms with Crippen molar-refractivity contribution in [2.75, 3.05) is 27.2 Å². The lowest BCUT2D eigenvalue weighted by molar-refractivity contribution is -0.890. The lowest BCUT2D eigenvalue weighted by atomic mass is 10.0. The number of rotatable bonds is 26. The molecule has 0 heterocycles. The van der Waals surface area contributed by atoms with Gasteiger partial charge in [0.2, 0.25) is 6.16 Å². The van der Waals surface area contributed by atoms with Gasteiger partial charge >= 0.3 is 0 Å². The molecular weight excluding hydrogens is 434 g/mol. The molecule has 0 atom stereocenters. The van der Waals surface area contributed by atoms with Gasteiger partial charge in [0.25, 0.3) is 0 Å². The van der Waals surface area contributed by atoms with Gasteiger partial charge in [-0.2, -0.15) is 0 Å². The summed E-state index contributed by atoms with van der Waals surface area (Å²) < 4.78 is 1.25. The van der Waals surface area contributed by atoms with Gasteiger partial charge < -0.3 is 19.5 Å².